The monoisotopic (exact) mass is 300 g/mol. The number of aromatic nitrogens is 1. The van der Waals surface area contributed by atoms with Gasteiger partial charge in [-0.05, 0) is 54.9 Å². The van der Waals surface area contributed by atoms with Crippen molar-refractivity contribution in [2.75, 3.05) is 0 Å². The third-order valence-electron chi connectivity index (χ3n) is 3.08. The predicted molar refractivity (Wildman–Crippen MR) is 98.4 cm³/mol. The van der Waals surface area contributed by atoms with Crippen LogP contribution < -0.4 is 0 Å². The quantitative estimate of drug-likeness (QED) is 0.665. The summed E-state index contributed by atoms with van der Waals surface area (Å²) >= 11 is 0. The Kier molecular flexibility index (Phi) is 5.99. The third-order valence-corrected chi connectivity index (χ3v) is 3.08. The van der Waals surface area contributed by atoms with Gasteiger partial charge in [0, 0.05) is 17.6 Å². The molecule has 1 aromatic rings. The maximum absolute atomic E-state index is 4.44. The smallest absolute Gasteiger partial charge is 0.0628 e. The Hall–Kier alpha value is -1.57. The fourth-order valence-corrected chi connectivity index (χ4v) is 2.30. The van der Waals surface area contributed by atoms with E-state index in [2.05, 4.69) is 76.7 Å². The van der Waals surface area contributed by atoms with Gasteiger partial charge in [0.05, 0.1) is 5.70 Å². The topological polar surface area (TPSA) is 28.1 Å². The van der Waals surface area contributed by atoms with Crippen LogP contribution in [0.5, 0.6) is 0 Å². The van der Waals surface area contributed by atoms with Crippen molar-refractivity contribution < 1.29 is 0 Å². The summed E-state index contributed by atoms with van der Waals surface area (Å²) in [7, 11) is 0. The Morgan fingerprint density at radius 2 is 1.73 bits per heavy atom. The van der Waals surface area contributed by atoms with Crippen molar-refractivity contribution in [1.29, 1.82) is 0 Å². The average molecular weight is 300 g/mol. The first-order valence-electron chi connectivity index (χ1n) is 8.05. The molecule has 1 aliphatic rings. The first kappa shape index (κ1) is 18.5. The number of aromatic amines is 1. The number of aliphatic imine (C=N–C) groups is 1. The second-order valence-electron chi connectivity index (χ2n) is 8.41. The minimum atomic E-state index is 0.221. The summed E-state index contributed by atoms with van der Waals surface area (Å²) in [6, 6.07) is 4.17. The van der Waals surface area contributed by atoms with Crippen LogP contribution in [0.3, 0.4) is 0 Å². The molecule has 0 aromatic carbocycles. The fraction of sp³-hybridized carbons (Fsp3) is 0.550. The van der Waals surface area contributed by atoms with E-state index in [1.54, 1.807) is 0 Å². The summed E-state index contributed by atoms with van der Waals surface area (Å²) in [5.74, 6) is 0. The molecule has 0 amide bonds. The number of rotatable bonds is 1. The standard InChI is InChI=1S/C11H17N.C9H15N/c1-8-6-9(2)12-10(8)7-11(3,4)5;1-9(2,3)7-8-5-4-6-10-8/h6-7H,1-5H3;4-6,10H,7H2,1-3H3/b10-7+;. The molecular weight excluding hydrogens is 268 g/mol. The zero-order valence-corrected chi connectivity index (χ0v) is 15.5. The number of hydrogen-bond acceptors (Lipinski definition) is 1. The fourth-order valence-electron chi connectivity index (χ4n) is 2.30. The highest BCUT2D eigenvalue weighted by Crippen LogP contribution is 2.25. The molecule has 0 bridgehead atoms. The van der Waals surface area contributed by atoms with Gasteiger partial charge in [-0.1, -0.05) is 47.6 Å². The second-order valence-corrected chi connectivity index (χ2v) is 8.41. The normalized spacial score (nSPS) is 17.0. The van der Waals surface area contributed by atoms with E-state index in [0.29, 0.717) is 5.41 Å². The number of allylic oxidation sites excluding steroid dienone is 3. The van der Waals surface area contributed by atoms with Gasteiger partial charge in [-0.25, -0.2) is 0 Å². The minimum Gasteiger partial charge on any atom is -0.365 e. The van der Waals surface area contributed by atoms with Gasteiger partial charge in [-0.2, -0.15) is 0 Å². The molecule has 1 aromatic heterocycles. The average Bonchev–Trinajstić information content (AvgIpc) is 2.86. The Morgan fingerprint density at radius 3 is 2.09 bits per heavy atom. The van der Waals surface area contributed by atoms with Crippen molar-refractivity contribution >= 4 is 5.71 Å². The van der Waals surface area contributed by atoms with Crippen LogP contribution in [-0.4, -0.2) is 10.7 Å². The first-order chi connectivity index (χ1) is 9.96. The molecule has 22 heavy (non-hydrogen) atoms. The molecule has 0 radical (unpaired) electrons. The minimum absolute atomic E-state index is 0.221. The molecule has 122 valence electrons. The van der Waals surface area contributed by atoms with Crippen LogP contribution in [0.4, 0.5) is 0 Å². The van der Waals surface area contributed by atoms with Crippen LogP contribution in [0.2, 0.25) is 0 Å². The van der Waals surface area contributed by atoms with Crippen molar-refractivity contribution in [2.45, 2.75) is 61.8 Å². The summed E-state index contributed by atoms with van der Waals surface area (Å²) in [6.45, 7) is 17.4. The third kappa shape index (κ3) is 7.44. The molecule has 0 aliphatic carbocycles. The van der Waals surface area contributed by atoms with Gasteiger partial charge in [0.15, 0.2) is 0 Å². The summed E-state index contributed by atoms with van der Waals surface area (Å²) in [4.78, 5) is 7.63. The van der Waals surface area contributed by atoms with Crippen molar-refractivity contribution in [3.05, 3.63) is 47.4 Å². The van der Waals surface area contributed by atoms with E-state index in [4.69, 9.17) is 0 Å². The van der Waals surface area contributed by atoms with E-state index in [1.807, 2.05) is 19.2 Å². The number of nitrogens with one attached hydrogen (secondary N) is 1. The highest BCUT2D eigenvalue weighted by atomic mass is 14.8. The molecule has 0 fully saturated rings. The molecule has 0 saturated carbocycles. The molecule has 0 unspecified atom stereocenters. The predicted octanol–water partition coefficient (Wildman–Crippen LogP) is 5.94. The molecular formula is C20H32N2. The van der Waals surface area contributed by atoms with E-state index >= 15 is 0 Å². The summed E-state index contributed by atoms with van der Waals surface area (Å²) in [5, 5.41) is 0. The molecule has 2 heteroatoms. The van der Waals surface area contributed by atoms with Gasteiger partial charge >= 0.3 is 0 Å². The second kappa shape index (κ2) is 7.13. The zero-order valence-electron chi connectivity index (χ0n) is 15.5. The zero-order chi connectivity index (χ0) is 17.0. The lowest BCUT2D eigenvalue weighted by atomic mass is 9.91. The molecule has 0 spiro atoms. The van der Waals surface area contributed by atoms with Crippen LogP contribution in [-0.2, 0) is 6.42 Å². The van der Waals surface area contributed by atoms with Crippen LogP contribution in [0.25, 0.3) is 0 Å². The lowest BCUT2D eigenvalue weighted by Gasteiger charge is -2.16. The summed E-state index contributed by atoms with van der Waals surface area (Å²) in [5.41, 5.74) is 5.47. The van der Waals surface area contributed by atoms with Gasteiger partial charge in [0.2, 0.25) is 0 Å². The lowest BCUT2D eigenvalue weighted by Crippen LogP contribution is -2.08. The Balaban J connectivity index is 0.000000224. The molecule has 2 nitrogen and oxygen atoms in total. The van der Waals surface area contributed by atoms with Crippen molar-refractivity contribution in [2.24, 2.45) is 15.8 Å². The molecule has 1 N–H and O–H groups in total. The Labute approximate surface area is 136 Å². The maximum Gasteiger partial charge on any atom is 0.0628 e. The summed E-state index contributed by atoms with van der Waals surface area (Å²) in [6.07, 6.45) is 7.44. The van der Waals surface area contributed by atoms with Crippen molar-refractivity contribution in [3.8, 4) is 0 Å². The van der Waals surface area contributed by atoms with E-state index in [1.165, 1.54) is 11.3 Å². The van der Waals surface area contributed by atoms with Crippen LogP contribution in [0.1, 0.15) is 61.1 Å². The van der Waals surface area contributed by atoms with Gasteiger partial charge in [-0.3, -0.25) is 4.99 Å². The first-order valence-corrected chi connectivity index (χ1v) is 8.05. The van der Waals surface area contributed by atoms with E-state index in [-0.39, 0.29) is 5.41 Å². The van der Waals surface area contributed by atoms with E-state index in [9.17, 15) is 0 Å². The van der Waals surface area contributed by atoms with Crippen molar-refractivity contribution in [1.82, 2.24) is 4.98 Å². The van der Waals surface area contributed by atoms with Gasteiger partial charge in [0.1, 0.15) is 0 Å². The molecule has 1 aliphatic heterocycles. The highest BCUT2D eigenvalue weighted by molar-refractivity contribution is 5.97. The highest BCUT2D eigenvalue weighted by Gasteiger charge is 2.12. The van der Waals surface area contributed by atoms with Crippen LogP contribution in [0, 0.1) is 10.8 Å². The Bertz CT molecular complexity index is 556. The van der Waals surface area contributed by atoms with E-state index in [0.717, 1.165) is 17.8 Å². The van der Waals surface area contributed by atoms with E-state index < -0.39 is 0 Å². The number of hydrogen-bond donors (Lipinski definition) is 1. The van der Waals surface area contributed by atoms with Crippen LogP contribution in [0.15, 0.2) is 46.7 Å². The summed E-state index contributed by atoms with van der Waals surface area (Å²) < 4.78 is 0. The lowest BCUT2D eigenvalue weighted by molar-refractivity contribution is 0.407. The molecule has 0 saturated heterocycles. The SMILES string of the molecule is CC(C)(C)Cc1ccc[nH]1.CC1=CC(C)=N/C1=C/C(C)(C)C. The maximum atomic E-state index is 4.44. The van der Waals surface area contributed by atoms with Gasteiger partial charge < -0.3 is 4.98 Å². The Morgan fingerprint density at radius 1 is 1.09 bits per heavy atom. The van der Waals surface area contributed by atoms with Gasteiger partial charge in [-0.15, -0.1) is 0 Å². The molecule has 0 atom stereocenters. The molecule has 2 rings (SSSR count). The number of H-pyrrole nitrogens is 1. The molecule has 2 heterocycles. The number of nitrogens with zero attached hydrogens (tertiary/aromatic N) is 1. The van der Waals surface area contributed by atoms with Gasteiger partial charge in [0.25, 0.3) is 0 Å². The van der Waals surface area contributed by atoms with Crippen LogP contribution >= 0.6 is 0 Å². The van der Waals surface area contributed by atoms with Crippen molar-refractivity contribution in [3.63, 3.8) is 0 Å². The largest absolute Gasteiger partial charge is 0.365 e.